The Hall–Kier alpha value is -3.75. The lowest BCUT2D eigenvalue weighted by Crippen LogP contribution is -2.31. The average Bonchev–Trinajstić information content (AvgIpc) is 2.70. The van der Waals surface area contributed by atoms with Crippen LogP contribution in [0.15, 0.2) is 46.1 Å². The second-order valence-electron chi connectivity index (χ2n) is 6.74. The van der Waals surface area contributed by atoms with E-state index in [0.29, 0.717) is 24.2 Å². The van der Waals surface area contributed by atoms with E-state index in [1.54, 1.807) is 38.4 Å². The monoisotopic (exact) mass is 395 g/mol. The standard InChI is InChI=1S/C20H21N5O4/c1-4-8-25-16-15(18(27)23-20(25)29)10-13(11-21-16)17(26)22-14-7-5-6-12(9-14)19(28)24(2)3/h5-7,9-11H,4,8H2,1-3H3,(H,22,26)(H,23,27,29). The number of H-pyrrole nitrogens is 1. The minimum atomic E-state index is -0.599. The van der Waals surface area contributed by atoms with Gasteiger partial charge in [0.1, 0.15) is 5.65 Å². The van der Waals surface area contributed by atoms with Crippen molar-refractivity contribution in [3.8, 4) is 0 Å². The van der Waals surface area contributed by atoms with Gasteiger partial charge in [-0.05, 0) is 30.7 Å². The maximum absolute atomic E-state index is 12.6. The van der Waals surface area contributed by atoms with Gasteiger partial charge in [-0.2, -0.15) is 0 Å². The summed E-state index contributed by atoms with van der Waals surface area (Å²) in [5.41, 5.74) is 0.136. The highest BCUT2D eigenvalue weighted by molar-refractivity contribution is 6.06. The van der Waals surface area contributed by atoms with Crippen LogP contribution in [0, 0.1) is 0 Å². The summed E-state index contributed by atoms with van der Waals surface area (Å²) >= 11 is 0. The summed E-state index contributed by atoms with van der Waals surface area (Å²) in [6, 6.07) is 7.95. The number of pyridine rings is 1. The van der Waals surface area contributed by atoms with Gasteiger partial charge in [0.2, 0.25) is 0 Å². The maximum Gasteiger partial charge on any atom is 0.329 e. The van der Waals surface area contributed by atoms with Crippen LogP contribution in [0.3, 0.4) is 0 Å². The molecule has 0 radical (unpaired) electrons. The molecule has 0 bridgehead atoms. The van der Waals surface area contributed by atoms with Crippen LogP contribution >= 0.6 is 0 Å². The second kappa shape index (κ2) is 8.09. The molecule has 1 aromatic carbocycles. The van der Waals surface area contributed by atoms with E-state index in [4.69, 9.17) is 0 Å². The number of nitrogens with zero attached hydrogens (tertiary/aromatic N) is 3. The Labute approximate surface area is 166 Å². The number of carbonyl (C=O) groups excluding carboxylic acids is 2. The highest BCUT2D eigenvalue weighted by Gasteiger charge is 2.14. The first-order valence-corrected chi connectivity index (χ1v) is 9.07. The van der Waals surface area contributed by atoms with Gasteiger partial charge < -0.3 is 10.2 Å². The Morgan fingerprint density at radius 1 is 1.17 bits per heavy atom. The first-order chi connectivity index (χ1) is 13.8. The topological polar surface area (TPSA) is 117 Å². The number of amides is 2. The van der Waals surface area contributed by atoms with E-state index in [2.05, 4.69) is 15.3 Å². The van der Waals surface area contributed by atoms with Crippen LogP contribution in [-0.4, -0.2) is 45.3 Å². The molecule has 0 atom stereocenters. The zero-order valence-corrected chi connectivity index (χ0v) is 16.4. The third kappa shape index (κ3) is 4.08. The van der Waals surface area contributed by atoms with Gasteiger partial charge in [0, 0.05) is 38.1 Å². The quantitative estimate of drug-likeness (QED) is 0.678. The predicted molar refractivity (Wildman–Crippen MR) is 109 cm³/mol. The molecule has 2 N–H and O–H groups in total. The van der Waals surface area contributed by atoms with Crippen LogP contribution in [0.2, 0.25) is 0 Å². The molecule has 9 heteroatoms. The molecule has 0 fully saturated rings. The predicted octanol–water partition coefficient (Wildman–Crippen LogP) is 1.45. The number of aromatic nitrogens is 3. The minimum Gasteiger partial charge on any atom is -0.345 e. The van der Waals surface area contributed by atoms with Gasteiger partial charge in [-0.3, -0.25) is 23.9 Å². The molecule has 0 unspecified atom stereocenters. The van der Waals surface area contributed by atoms with E-state index < -0.39 is 17.2 Å². The molecule has 0 aliphatic rings. The van der Waals surface area contributed by atoms with E-state index in [1.165, 1.54) is 21.7 Å². The van der Waals surface area contributed by atoms with Crippen molar-refractivity contribution in [2.24, 2.45) is 0 Å². The highest BCUT2D eigenvalue weighted by atomic mass is 16.2. The fraction of sp³-hybridized carbons (Fsp3) is 0.250. The first-order valence-electron chi connectivity index (χ1n) is 9.07. The average molecular weight is 395 g/mol. The number of anilines is 1. The largest absolute Gasteiger partial charge is 0.345 e. The molecule has 3 aromatic rings. The Morgan fingerprint density at radius 2 is 1.93 bits per heavy atom. The highest BCUT2D eigenvalue weighted by Crippen LogP contribution is 2.15. The molecular formula is C20H21N5O4. The number of aryl methyl sites for hydroxylation is 1. The molecule has 0 spiro atoms. The molecule has 2 heterocycles. The molecule has 0 aliphatic heterocycles. The van der Waals surface area contributed by atoms with Crippen LogP contribution in [-0.2, 0) is 6.54 Å². The molecule has 0 aliphatic carbocycles. The van der Waals surface area contributed by atoms with Crippen molar-refractivity contribution in [3.63, 3.8) is 0 Å². The fourth-order valence-electron chi connectivity index (χ4n) is 2.91. The lowest BCUT2D eigenvalue weighted by atomic mass is 10.1. The molecule has 0 saturated heterocycles. The molecule has 3 rings (SSSR count). The molecule has 9 nitrogen and oxygen atoms in total. The number of carbonyl (C=O) groups is 2. The smallest absolute Gasteiger partial charge is 0.329 e. The number of hydrogen-bond acceptors (Lipinski definition) is 5. The third-order valence-electron chi connectivity index (χ3n) is 4.32. The van der Waals surface area contributed by atoms with Gasteiger partial charge in [0.15, 0.2) is 0 Å². The van der Waals surface area contributed by atoms with Crippen LogP contribution < -0.4 is 16.6 Å². The SMILES string of the molecule is CCCn1c(=O)[nH]c(=O)c2cc(C(=O)Nc3cccc(C(=O)N(C)C)c3)cnc21. The van der Waals surface area contributed by atoms with E-state index in [-0.39, 0.29) is 22.5 Å². The fourth-order valence-corrected chi connectivity index (χ4v) is 2.91. The normalized spacial score (nSPS) is 10.7. The first kappa shape index (κ1) is 20.0. The maximum atomic E-state index is 12.6. The van der Waals surface area contributed by atoms with Gasteiger partial charge in [0.05, 0.1) is 10.9 Å². The number of nitrogens with one attached hydrogen (secondary N) is 2. The Kier molecular flexibility index (Phi) is 5.58. The summed E-state index contributed by atoms with van der Waals surface area (Å²) in [6.45, 7) is 2.30. The van der Waals surface area contributed by atoms with Gasteiger partial charge in [-0.15, -0.1) is 0 Å². The molecular weight excluding hydrogens is 374 g/mol. The van der Waals surface area contributed by atoms with E-state index in [0.717, 1.165) is 0 Å². The Bertz CT molecular complexity index is 1210. The zero-order chi connectivity index (χ0) is 21.1. The second-order valence-corrected chi connectivity index (χ2v) is 6.74. The lowest BCUT2D eigenvalue weighted by Gasteiger charge is -2.12. The van der Waals surface area contributed by atoms with E-state index >= 15 is 0 Å². The molecule has 0 saturated carbocycles. The van der Waals surface area contributed by atoms with Crippen molar-refractivity contribution >= 4 is 28.5 Å². The number of benzene rings is 1. The van der Waals surface area contributed by atoms with Gasteiger partial charge >= 0.3 is 5.69 Å². The van der Waals surface area contributed by atoms with Crippen molar-refractivity contribution in [1.82, 2.24) is 19.4 Å². The third-order valence-corrected chi connectivity index (χ3v) is 4.32. The van der Waals surface area contributed by atoms with Crippen molar-refractivity contribution in [2.45, 2.75) is 19.9 Å². The van der Waals surface area contributed by atoms with Crippen LogP contribution in [0.25, 0.3) is 11.0 Å². The summed E-state index contributed by atoms with van der Waals surface area (Å²) in [5.74, 6) is -0.671. The van der Waals surface area contributed by atoms with Gasteiger partial charge in [-0.1, -0.05) is 13.0 Å². The van der Waals surface area contributed by atoms with Crippen molar-refractivity contribution in [3.05, 3.63) is 68.5 Å². The Morgan fingerprint density at radius 3 is 2.62 bits per heavy atom. The summed E-state index contributed by atoms with van der Waals surface area (Å²) < 4.78 is 1.37. The summed E-state index contributed by atoms with van der Waals surface area (Å²) in [6.07, 6.45) is 2.00. The van der Waals surface area contributed by atoms with Gasteiger partial charge in [-0.25, -0.2) is 9.78 Å². The molecule has 150 valence electrons. The zero-order valence-electron chi connectivity index (χ0n) is 16.4. The van der Waals surface area contributed by atoms with Crippen molar-refractivity contribution in [2.75, 3.05) is 19.4 Å². The number of aromatic amines is 1. The summed E-state index contributed by atoms with van der Waals surface area (Å²) in [4.78, 5) is 56.8. The molecule has 2 aromatic heterocycles. The van der Waals surface area contributed by atoms with Gasteiger partial charge in [0.25, 0.3) is 17.4 Å². The minimum absolute atomic E-state index is 0.155. The lowest BCUT2D eigenvalue weighted by molar-refractivity contribution is 0.0827. The van der Waals surface area contributed by atoms with Crippen molar-refractivity contribution in [1.29, 1.82) is 0 Å². The van der Waals surface area contributed by atoms with Crippen LogP contribution in [0.1, 0.15) is 34.1 Å². The van der Waals surface area contributed by atoms with E-state index in [9.17, 15) is 19.2 Å². The molecule has 29 heavy (non-hydrogen) atoms. The van der Waals surface area contributed by atoms with Crippen molar-refractivity contribution < 1.29 is 9.59 Å². The number of rotatable bonds is 5. The van der Waals surface area contributed by atoms with E-state index in [1.807, 2.05) is 6.92 Å². The van der Waals surface area contributed by atoms with Crippen LogP contribution in [0.4, 0.5) is 5.69 Å². The summed E-state index contributed by atoms with van der Waals surface area (Å²) in [7, 11) is 3.29. The Balaban J connectivity index is 1.94. The molecule has 2 amide bonds. The number of hydrogen-bond donors (Lipinski definition) is 2. The number of fused-ring (bicyclic) bond motifs is 1. The van der Waals surface area contributed by atoms with Crippen LogP contribution in [0.5, 0.6) is 0 Å². The summed E-state index contributed by atoms with van der Waals surface area (Å²) in [5, 5.41) is 2.85.